The van der Waals surface area contributed by atoms with Gasteiger partial charge in [0, 0.05) is 18.2 Å². The summed E-state index contributed by atoms with van der Waals surface area (Å²) >= 11 is 0. The van der Waals surface area contributed by atoms with E-state index in [0.29, 0.717) is 30.0 Å². The van der Waals surface area contributed by atoms with Gasteiger partial charge in [0.25, 0.3) is 5.91 Å². The Hall–Kier alpha value is -3.74. The van der Waals surface area contributed by atoms with Crippen molar-refractivity contribution >= 4 is 11.8 Å². The second kappa shape index (κ2) is 11.6. The van der Waals surface area contributed by atoms with Gasteiger partial charge >= 0.3 is 0 Å². The first kappa shape index (κ1) is 24.4. The van der Waals surface area contributed by atoms with Crippen LogP contribution in [0.25, 0.3) is 0 Å². The SMILES string of the molecule is COc1cccc([C@@H](C(=O)NC2CCCC2)N(CCc2ccccc2)C(=O)c2ccco2)c1OC. The largest absolute Gasteiger partial charge is 0.493 e. The Bertz CT molecular complexity index is 1110. The molecule has 7 nitrogen and oxygen atoms in total. The maximum absolute atomic E-state index is 13.9. The summed E-state index contributed by atoms with van der Waals surface area (Å²) in [6.07, 6.45) is 6.07. The molecule has 1 heterocycles. The van der Waals surface area contributed by atoms with Gasteiger partial charge in [0.1, 0.15) is 6.04 Å². The summed E-state index contributed by atoms with van der Waals surface area (Å²) in [5.41, 5.74) is 1.63. The van der Waals surface area contributed by atoms with Crippen LogP contribution in [-0.2, 0) is 11.2 Å². The van der Waals surface area contributed by atoms with Crippen molar-refractivity contribution in [2.45, 2.75) is 44.2 Å². The number of ether oxygens (including phenoxy) is 2. The van der Waals surface area contributed by atoms with Gasteiger partial charge in [-0.3, -0.25) is 9.59 Å². The van der Waals surface area contributed by atoms with Crippen molar-refractivity contribution in [3.05, 3.63) is 83.8 Å². The molecule has 7 heteroatoms. The van der Waals surface area contributed by atoms with Crippen LogP contribution >= 0.6 is 0 Å². The quantitative estimate of drug-likeness (QED) is 0.455. The zero-order chi connectivity index (χ0) is 24.6. The van der Waals surface area contributed by atoms with Crippen LogP contribution in [0.15, 0.2) is 71.3 Å². The fraction of sp³-hybridized carbons (Fsp3) is 0.357. The number of hydrogen-bond acceptors (Lipinski definition) is 5. The Morgan fingerprint density at radius 2 is 1.77 bits per heavy atom. The van der Waals surface area contributed by atoms with Crippen LogP contribution in [0, 0.1) is 0 Å². The fourth-order valence-corrected chi connectivity index (χ4v) is 4.71. The molecule has 0 aliphatic heterocycles. The second-order valence-electron chi connectivity index (χ2n) is 8.69. The summed E-state index contributed by atoms with van der Waals surface area (Å²) in [5.74, 6) is 0.507. The highest BCUT2D eigenvalue weighted by molar-refractivity contribution is 5.96. The standard InChI is InChI=1S/C28H32N2O5/c1-33-23-15-8-14-22(26(23)34-2)25(27(31)29-21-12-6-7-13-21)30(28(32)24-16-9-19-35-24)18-17-20-10-4-3-5-11-20/h3-5,8-11,14-16,19,21,25H,6-7,12-13,17-18H2,1-2H3,(H,29,31)/t25-/m0/s1. The van der Waals surface area contributed by atoms with Crippen molar-refractivity contribution in [1.29, 1.82) is 0 Å². The van der Waals surface area contributed by atoms with E-state index >= 15 is 0 Å². The van der Waals surface area contributed by atoms with E-state index in [0.717, 1.165) is 31.2 Å². The molecule has 2 amide bonds. The van der Waals surface area contributed by atoms with Crippen LogP contribution in [0.5, 0.6) is 11.5 Å². The van der Waals surface area contributed by atoms with Gasteiger partial charge in [-0.1, -0.05) is 55.3 Å². The number of furan rings is 1. The number of benzene rings is 2. The van der Waals surface area contributed by atoms with E-state index in [1.54, 1.807) is 36.3 Å². The number of nitrogens with zero attached hydrogens (tertiary/aromatic N) is 1. The minimum absolute atomic E-state index is 0.0938. The number of carbonyl (C=O) groups excluding carboxylic acids is 2. The zero-order valence-electron chi connectivity index (χ0n) is 20.2. The third kappa shape index (κ3) is 5.67. The molecule has 4 rings (SSSR count). The molecule has 1 saturated carbocycles. The number of hydrogen-bond donors (Lipinski definition) is 1. The number of amides is 2. The number of para-hydroxylation sites is 1. The summed E-state index contributed by atoms with van der Waals surface area (Å²) in [7, 11) is 3.09. The van der Waals surface area contributed by atoms with Gasteiger partial charge in [-0.05, 0) is 43.0 Å². The molecule has 1 fully saturated rings. The molecule has 0 saturated heterocycles. The molecule has 1 aromatic heterocycles. The molecular weight excluding hydrogens is 444 g/mol. The molecule has 1 N–H and O–H groups in total. The third-order valence-electron chi connectivity index (χ3n) is 6.47. The minimum atomic E-state index is -0.929. The van der Waals surface area contributed by atoms with Crippen LogP contribution in [-0.4, -0.2) is 43.5 Å². The van der Waals surface area contributed by atoms with Gasteiger partial charge in [-0.2, -0.15) is 0 Å². The van der Waals surface area contributed by atoms with Crippen LogP contribution in [0.1, 0.15) is 53.4 Å². The molecule has 1 atom stereocenters. The van der Waals surface area contributed by atoms with E-state index in [1.165, 1.54) is 13.4 Å². The predicted molar refractivity (Wildman–Crippen MR) is 133 cm³/mol. The summed E-state index contributed by atoms with van der Waals surface area (Å²) in [5, 5.41) is 3.19. The van der Waals surface area contributed by atoms with Gasteiger partial charge in [0.05, 0.1) is 20.5 Å². The Morgan fingerprint density at radius 1 is 1.00 bits per heavy atom. The van der Waals surface area contributed by atoms with Crippen molar-refractivity contribution in [3.63, 3.8) is 0 Å². The molecule has 3 aromatic rings. The maximum atomic E-state index is 13.9. The van der Waals surface area contributed by atoms with Crippen LogP contribution in [0.3, 0.4) is 0 Å². The fourth-order valence-electron chi connectivity index (χ4n) is 4.71. The summed E-state index contributed by atoms with van der Waals surface area (Å²) < 4.78 is 16.6. The van der Waals surface area contributed by atoms with Gasteiger partial charge in [-0.25, -0.2) is 0 Å². The monoisotopic (exact) mass is 476 g/mol. The van der Waals surface area contributed by atoms with E-state index < -0.39 is 6.04 Å². The molecule has 0 unspecified atom stereocenters. The first-order valence-corrected chi connectivity index (χ1v) is 12.0. The molecule has 2 aromatic carbocycles. The lowest BCUT2D eigenvalue weighted by Gasteiger charge is -2.32. The Morgan fingerprint density at radius 3 is 2.43 bits per heavy atom. The highest BCUT2D eigenvalue weighted by Crippen LogP contribution is 2.38. The highest BCUT2D eigenvalue weighted by Gasteiger charge is 2.36. The van der Waals surface area contributed by atoms with E-state index in [9.17, 15) is 9.59 Å². The first-order valence-electron chi connectivity index (χ1n) is 12.0. The lowest BCUT2D eigenvalue weighted by Crippen LogP contribution is -2.47. The zero-order valence-corrected chi connectivity index (χ0v) is 20.2. The van der Waals surface area contributed by atoms with Gasteiger partial charge in [0.15, 0.2) is 17.3 Å². The average molecular weight is 477 g/mol. The highest BCUT2D eigenvalue weighted by atomic mass is 16.5. The number of rotatable bonds is 10. The van der Waals surface area contributed by atoms with E-state index in [4.69, 9.17) is 13.9 Å². The number of methoxy groups -OCH3 is 2. The molecule has 0 spiro atoms. The molecule has 0 bridgehead atoms. The Labute approximate surface area is 206 Å². The lowest BCUT2D eigenvalue weighted by atomic mass is 10.00. The van der Waals surface area contributed by atoms with Gasteiger partial charge < -0.3 is 24.1 Å². The molecule has 1 aliphatic rings. The van der Waals surface area contributed by atoms with E-state index in [2.05, 4.69) is 5.32 Å². The van der Waals surface area contributed by atoms with E-state index in [-0.39, 0.29) is 23.6 Å². The smallest absolute Gasteiger partial charge is 0.290 e. The molecule has 35 heavy (non-hydrogen) atoms. The normalized spacial score (nSPS) is 14.3. The molecule has 1 aliphatic carbocycles. The van der Waals surface area contributed by atoms with Crippen molar-refractivity contribution in [2.75, 3.05) is 20.8 Å². The minimum Gasteiger partial charge on any atom is -0.493 e. The second-order valence-corrected chi connectivity index (χ2v) is 8.69. The van der Waals surface area contributed by atoms with Crippen LogP contribution in [0.4, 0.5) is 0 Å². The molecule has 0 radical (unpaired) electrons. The summed E-state index contributed by atoms with van der Waals surface area (Å²) in [6.45, 7) is 0.312. The average Bonchev–Trinajstić information content (AvgIpc) is 3.61. The first-order chi connectivity index (χ1) is 17.1. The van der Waals surface area contributed by atoms with Crippen molar-refractivity contribution < 1.29 is 23.5 Å². The van der Waals surface area contributed by atoms with Crippen molar-refractivity contribution in [1.82, 2.24) is 10.2 Å². The van der Waals surface area contributed by atoms with Gasteiger partial charge in [0.2, 0.25) is 5.91 Å². The summed E-state index contributed by atoms with van der Waals surface area (Å²) in [4.78, 5) is 29.2. The van der Waals surface area contributed by atoms with Crippen LogP contribution in [0.2, 0.25) is 0 Å². The van der Waals surface area contributed by atoms with Crippen LogP contribution < -0.4 is 14.8 Å². The van der Waals surface area contributed by atoms with Crippen molar-refractivity contribution in [2.24, 2.45) is 0 Å². The lowest BCUT2D eigenvalue weighted by molar-refractivity contribution is -0.126. The maximum Gasteiger partial charge on any atom is 0.290 e. The molecule has 184 valence electrons. The molecular formula is C28H32N2O5. The Kier molecular flexibility index (Phi) is 8.08. The third-order valence-corrected chi connectivity index (χ3v) is 6.47. The number of nitrogens with one attached hydrogen (secondary N) is 1. The summed E-state index contributed by atoms with van der Waals surface area (Å²) in [6, 6.07) is 17.7. The van der Waals surface area contributed by atoms with Crippen molar-refractivity contribution in [3.8, 4) is 11.5 Å². The van der Waals surface area contributed by atoms with E-state index in [1.807, 2.05) is 36.4 Å². The Balaban J connectivity index is 1.76. The van der Waals surface area contributed by atoms with Gasteiger partial charge in [-0.15, -0.1) is 0 Å². The number of carbonyl (C=O) groups is 2. The predicted octanol–water partition coefficient (Wildman–Crippen LogP) is 4.78. The topological polar surface area (TPSA) is 81.0 Å².